The summed E-state index contributed by atoms with van der Waals surface area (Å²) >= 11 is 1.72. The van der Waals surface area contributed by atoms with Crippen LogP contribution in [0.5, 0.6) is 0 Å². The minimum atomic E-state index is 0.0949. The lowest BCUT2D eigenvalue weighted by Crippen LogP contribution is -2.31. The lowest BCUT2D eigenvalue weighted by atomic mass is 10.1. The summed E-state index contributed by atoms with van der Waals surface area (Å²) in [5.41, 5.74) is 1.28. The minimum absolute atomic E-state index is 0.0949. The number of aryl methyl sites for hydroxylation is 3. The molecular formula is C20H29N5OS. The van der Waals surface area contributed by atoms with Gasteiger partial charge in [-0.1, -0.05) is 0 Å². The van der Waals surface area contributed by atoms with Gasteiger partial charge < -0.3 is 15.5 Å². The summed E-state index contributed by atoms with van der Waals surface area (Å²) in [7, 11) is 0. The summed E-state index contributed by atoms with van der Waals surface area (Å²) < 4.78 is 0. The van der Waals surface area contributed by atoms with E-state index >= 15 is 0 Å². The zero-order valence-corrected chi connectivity index (χ0v) is 17.1. The van der Waals surface area contributed by atoms with Crippen LogP contribution in [0.1, 0.15) is 41.9 Å². The van der Waals surface area contributed by atoms with Gasteiger partial charge in [-0.15, -0.1) is 11.3 Å². The van der Waals surface area contributed by atoms with Crippen LogP contribution in [0.15, 0.2) is 17.5 Å². The third-order valence-corrected chi connectivity index (χ3v) is 5.89. The summed E-state index contributed by atoms with van der Waals surface area (Å²) in [5, 5.41) is 8.36. The molecule has 2 aromatic rings. The second kappa shape index (κ2) is 9.69. The Balaban J connectivity index is 1.41. The molecule has 2 N–H and O–H groups in total. The number of piperidine rings is 1. The molecule has 0 bridgehead atoms. The first kappa shape index (κ1) is 19.6. The molecule has 0 unspecified atom stereocenters. The van der Waals surface area contributed by atoms with Crippen LogP contribution in [0, 0.1) is 13.8 Å². The van der Waals surface area contributed by atoms with Crippen LogP contribution in [0.4, 0.5) is 11.6 Å². The molecule has 7 heteroatoms. The smallest absolute Gasteiger partial charge is 0.220 e. The predicted octanol–water partition coefficient (Wildman–Crippen LogP) is 3.31. The van der Waals surface area contributed by atoms with Crippen molar-refractivity contribution >= 4 is 28.9 Å². The van der Waals surface area contributed by atoms with Crippen LogP contribution in [0.2, 0.25) is 0 Å². The molecule has 1 amide bonds. The number of rotatable bonds is 8. The van der Waals surface area contributed by atoms with Crippen molar-refractivity contribution in [3.8, 4) is 0 Å². The molecule has 146 valence electrons. The molecular weight excluding hydrogens is 358 g/mol. The number of amides is 1. The summed E-state index contributed by atoms with van der Waals surface area (Å²) in [6.07, 6.45) is 5.10. The highest BCUT2D eigenvalue weighted by molar-refractivity contribution is 7.10. The van der Waals surface area contributed by atoms with E-state index in [1.165, 1.54) is 29.7 Å². The van der Waals surface area contributed by atoms with Crippen LogP contribution in [0.3, 0.4) is 0 Å². The summed E-state index contributed by atoms with van der Waals surface area (Å²) in [5.74, 6) is 2.69. The van der Waals surface area contributed by atoms with Gasteiger partial charge in [-0.05, 0) is 56.5 Å². The number of nitrogens with one attached hydrogen (secondary N) is 2. The van der Waals surface area contributed by atoms with Crippen LogP contribution in [-0.4, -0.2) is 42.1 Å². The standard InChI is InChI=1S/C20H29N5OS/c1-15-8-13-27-17(15)6-7-20(26)22-10-9-21-18-14-19(24-16(2)23-18)25-11-4-3-5-12-25/h8,13-14H,3-7,9-12H2,1-2H3,(H,22,26)(H,21,23,24). The average molecular weight is 388 g/mol. The van der Waals surface area contributed by atoms with Gasteiger partial charge in [0, 0.05) is 43.5 Å². The van der Waals surface area contributed by atoms with Gasteiger partial charge in [-0.3, -0.25) is 4.79 Å². The Bertz CT molecular complexity index is 755. The molecule has 0 aromatic carbocycles. The molecule has 1 aliphatic heterocycles. The molecule has 3 heterocycles. The molecule has 0 radical (unpaired) electrons. The molecule has 0 aliphatic carbocycles. The fourth-order valence-corrected chi connectivity index (χ4v) is 4.21. The SMILES string of the molecule is Cc1nc(NCCNC(=O)CCc2sccc2C)cc(N2CCCCC2)n1. The first-order chi connectivity index (χ1) is 13.1. The van der Waals surface area contributed by atoms with E-state index in [9.17, 15) is 4.79 Å². The number of carbonyl (C=O) groups is 1. The van der Waals surface area contributed by atoms with Crippen LogP contribution < -0.4 is 15.5 Å². The van der Waals surface area contributed by atoms with Crippen molar-refractivity contribution in [1.82, 2.24) is 15.3 Å². The van der Waals surface area contributed by atoms with Crippen molar-refractivity contribution in [1.29, 1.82) is 0 Å². The third-order valence-electron chi connectivity index (χ3n) is 4.81. The minimum Gasteiger partial charge on any atom is -0.368 e. The van der Waals surface area contributed by atoms with Crippen molar-refractivity contribution in [3.63, 3.8) is 0 Å². The topological polar surface area (TPSA) is 70.2 Å². The fourth-order valence-electron chi connectivity index (χ4n) is 3.30. The van der Waals surface area contributed by atoms with E-state index in [4.69, 9.17) is 0 Å². The summed E-state index contributed by atoms with van der Waals surface area (Å²) in [4.78, 5) is 24.7. The first-order valence-corrected chi connectivity index (χ1v) is 10.6. The Hall–Kier alpha value is -2.15. The van der Waals surface area contributed by atoms with Crippen LogP contribution in [0.25, 0.3) is 0 Å². The molecule has 0 saturated carbocycles. The van der Waals surface area contributed by atoms with E-state index in [0.29, 0.717) is 19.5 Å². The zero-order valence-electron chi connectivity index (χ0n) is 16.3. The van der Waals surface area contributed by atoms with Crippen molar-refractivity contribution in [2.24, 2.45) is 0 Å². The Morgan fingerprint density at radius 2 is 2.00 bits per heavy atom. The predicted molar refractivity (Wildman–Crippen MR) is 112 cm³/mol. The van der Waals surface area contributed by atoms with E-state index < -0.39 is 0 Å². The van der Waals surface area contributed by atoms with E-state index in [2.05, 4.69) is 43.9 Å². The molecule has 1 fully saturated rings. The highest BCUT2D eigenvalue weighted by Gasteiger charge is 2.13. The van der Waals surface area contributed by atoms with Crippen LogP contribution >= 0.6 is 11.3 Å². The monoisotopic (exact) mass is 387 g/mol. The van der Waals surface area contributed by atoms with Gasteiger partial charge in [0.05, 0.1) is 0 Å². The molecule has 2 aromatic heterocycles. The second-order valence-corrected chi connectivity index (χ2v) is 8.01. The molecule has 0 spiro atoms. The molecule has 1 aliphatic rings. The number of aromatic nitrogens is 2. The molecule has 6 nitrogen and oxygen atoms in total. The van der Waals surface area contributed by atoms with E-state index in [1.807, 2.05) is 13.0 Å². The summed E-state index contributed by atoms with van der Waals surface area (Å²) in [6, 6.07) is 4.11. The van der Waals surface area contributed by atoms with Crippen molar-refractivity contribution in [2.75, 3.05) is 36.4 Å². The van der Waals surface area contributed by atoms with Gasteiger partial charge in [0.15, 0.2) is 0 Å². The highest BCUT2D eigenvalue weighted by atomic mass is 32.1. The van der Waals surface area contributed by atoms with Crippen LogP contribution in [-0.2, 0) is 11.2 Å². The molecule has 1 saturated heterocycles. The zero-order chi connectivity index (χ0) is 19.1. The van der Waals surface area contributed by atoms with E-state index in [0.717, 1.165) is 37.0 Å². The Morgan fingerprint density at radius 3 is 2.74 bits per heavy atom. The van der Waals surface area contributed by atoms with Gasteiger partial charge in [-0.2, -0.15) is 0 Å². The quantitative estimate of drug-likeness (QED) is 0.680. The Morgan fingerprint density at radius 1 is 1.19 bits per heavy atom. The number of hydrogen-bond donors (Lipinski definition) is 2. The van der Waals surface area contributed by atoms with Gasteiger partial charge in [0.2, 0.25) is 5.91 Å². The van der Waals surface area contributed by atoms with Gasteiger partial charge >= 0.3 is 0 Å². The molecule has 3 rings (SSSR count). The number of hydrogen-bond acceptors (Lipinski definition) is 6. The number of carbonyl (C=O) groups excluding carboxylic acids is 1. The largest absolute Gasteiger partial charge is 0.368 e. The lowest BCUT2D eigenvalue weighted by Gasteiger charge is -2.28. The van der Waals surface area contributed by atoms with Crippen molar-refractivity contribution in [3.05, 3.63) is 33.8 Å². The molecule has 0 atom stereocenters. The number of anilines is 2. The first-order valence-electron chi connectivity index (χ1n) is 9.76. The molecule has 27 heavy (non-hydrogen) atoms. The maximum absolute atomic E-state index is 12.0. The van der Waals surface area contributed by atoms with Gasteiger partial charge in [-0.25, -0.2) is 9.97 Å². The lowest BCUT2D eigenvalue weighted by molar-refractivity contribution is -0.120. The van der Waals surface area contributed by atoms with Gasteiger partial charge in [0.25, 0.3) is 0 Å². The highest BCUT2D eigenvalue weighted by Crippen LogP contribution is 2.20. The number of nitrogens with zero attached hydrogens (tertiary/aromatic N) is 3. The average Bonchev–Trinajstić information content (AvgIpc) is 3.09. The maximum Gasteiger partial charge on any atom is 0.220 e. The van der Waals surface area contributed by atoms with E-state index in [-0.39, 0.29) is 5.91 Å². The Kier molecular flexibility index (Phi) is 7.04. The third kappa shape index (κ3) is 5.92. The Labute approximate surface area is 165 Å². The maximum atomic E-state index is 12.0. The normalized spacial score (nSPS) is 14.2. The van der Waals surface area contributed by atoms with E-state index in [1.54, 1.807) is 11.3 Å². The fraction of sp³-hybridized carbons (Fsp3) is 0.550. The van der Waals surface area contributed by atoms with Crippen molar-refractivity contribution in [2.45, 2.75) is 46.0 Å². The summed E-state index contributed by atoms with van der Waals surface area (Å²) in [6.45, 7) is 7.39. The second-order valence-electron chi connectivity index (χ2n) is 7.01. The van der Waals surface area contributed by atoms with Gasteiger partial charge in [0.1, 0.15) is 17.5 Å². The van der Waals surface area contributed by atoms with Crippen molar-refractivity contribution < 1.29 is 4.79 Å². The number of thiophene rings is 1.